The van der Waals surface area contributed by atoms with E-state index in [0.717, 1.165) is 5.56 Å². The van der Waals surface area contributed by atoms with Crippen molar-refractivity contribution in [1.82, 2.24) is 5.16 Å². The molecule has 0 fully saturated rings. The van der Waals surface area contributed by atoms with Crippen molar-refractivity contribution < 1.29 is 18.7 Å². The molecule has 2 N–H and O–H groups in total. The van der Waals surface area contributed by atoms with Crippen molar-refractivity contribution in [2.45, 2.75) is 0 Å². The van der Waals surface area contributed by atoms with Gasteiger partial charge < -0.3 is 24.5 Å². The number of halogens is 1. The van der Waals surface area contributed by atoms with E-state index in [4.69, 9.17) is 24.5 Å². The molecular weight excluding hydrogens is 304 g/mol. The van der Waals surface area contributed by atoms with Gasteiger partial charge in [0, 0.05) is 5.56 Å². The molecule has 1 aliphatic heterocycles. The third-order valence-corrected chi connectivity index (χ3v) is 3.37. The summed E-state index contributed by atoms with van der Waals surface area (Å²) in [5.74, 6) is 2.05. The number of fused-ring (bicyclic) bond motifs is 1. The van der Waals surface area contributed by atoms with Gasteiger partial charge in [-0.2, -0.15) is 0 Å². The Labute approximate surface area is 111 Å². The maximum absolute atomic E-state index is 5.72. The zero-order valence-corrected chi connectivity index (χ0v) is 11.0. The maximum atomic E-state index is 5.72. The van der Waals surface area contributed by atoms with Crippen molar-refractivity contribution in [2.75, 3.05) is 19.6 Å². The van der Waals surface area contributed by atoms with Crippen LogP contribution in [0.4, 0.5) is 5.88 Å². The first-order chi connectivity index (χ1) is 8.72. The van der Waals surface area contributed by atoms with Gasteiger partial charge in [0.2, 0.25) is 12.7 Å². The second-order valence-corrected chi connectivity index (χ2v) is 4.40. The number of rotatable bonds is 2. The number of aromatic nitrogens is 1. The number of benzene rings is 1. The summed E-state index contributed by atoms with van der Waals surface area (Å²) in [6.45, 7) is 0.180. The van der Waals surface area contributed by atoms with Crippen LogP contribution in [0, 0.1) is 0 Å². The largest absolute Gasteiger partial charge is 0.495 e. The van der Waals surface area contributed by atoms with E-state index in [9.17, 15) is 0 Å². The summed E-state index contributed by atoms with van der Waals surface area (Å²) in [5, 5.41) is 3.65. The van der Waals surface area contributed by atoms with Crippen LogP contribution in [0.3, 0.4) is 0 Å². The van der Waals surface area contributed by atoms with Gasteiger partial charge in [0.15, 0.2) is 11.5 Å². The number of hydrogen-bond acceptors (Lipinski definition) is 6. The fourth-order valence-electron chi connectivity index (χ4n) is 1.84. The molecule has 7 heteroatoms. The molecule has 3 rings (SSSR count). The van der Waals surface area contributed by atoms with E-state index in [1.54, 1.807) is 13.2 Å². The summed E-state index contributed by atoms with van der Waals surface area (Å²) >= 11 is 3.43. The van der Waals surface area contributed by atoms with Gasteiger partial charge in [-0.15, -0.1) is 0 Å². The minimum Gasteiger partial charge on any atom is -0.495 e. The number of nitrogens with two attached hydrogens (primary N) is 1. The van der Waals surface area contributed by atoms with Crippen LogP contribution >= 0.6 is 15.9 Å². The molecule has 0 amide bonds. The lowest BCUT2D eigenvalue weighted by Crippen LogP contribution is -1.93. The first kappa shape index (κ1) is 11.2. The SMILES string of the molecule is COc1c(-c2cnoc2N)cc2c(c1Br)OCO2. The molecule has 0 saturated carbocycles. The molecule has 18 heavy (non-hydrogen) atoms. The summed E-state index contributed by atoms with van der Waals surface area (Å²) in [4.78, 5) is 0. The lowest BCUT2D eigenvalue weighted by atomic mass is 10.1. The van der Waals surface area contributed by atoms with Crippen LogP contribution in [0.2, 0.25) is 0 Å². The number of methoxy groups -OCH3 is 1. The first-order valence-corrected chi connectivity index (χ1v) is 5.88. The van der Waals surface area contributed by atoms with Crippen molar-refractivity contribution in [3.8, 4) is 28.4 Å². The van der Waals surface area contributed by atoms with E-state index in [1.807, 2.05) is 0 Å². The van der Waals surface area contributed by atoms with Gasteiger partial charge in [-0.25, -0.2) is 0 Å². The predicted octanol–water partition coefficient (Wildman–Crippen LogP) is 2.42. The highest BCUT2D eigenvalue weighted by molar-refractivity contribution is 9.10. The average Bonchev–Trinajstić information content (AvgIpc) is 2.97. The molecule has 1 aliphatic rings. The second-order valence-electron chi connectivity index (χ2n) is 3.61. The number of nitrogen functional groups attached to an aromatic ring is 1. The van der Waals surface area contributed by atoms with Crippen molar-refractivity contribution in [3.63, 3.8) is 0 Å². The Balaban J connectivity index is 2.27. The Bertz CT molecular complexity index is 611. The molecule has 6 nitrogen and oxygen atoms in total. The highest BCUT2D eigenvalue weighted by Gasteiger charge is 2.25. The predicted molar refractivity (Wildman–Crippen MR) is 66.7 cm³/mol. The molecule has 0 bridgehead atoms. The fraction of sp³-hybridized carbons (Fsp3) is 0.182. The van der Waals surface area contributed by atoms with E-state index in [0.29, 0.717) is 27.3 Å². The zero-order valence-electron chi connectivity index (χ0n) is 9.40. The number of hydrogen-bond donors (Lipinski definition) is 1. The van der Waals surface area contributed by atoms with Gasteiger partial charge in [-0.1, -0.05) is 5.16 Å². The summed E-state index contributed by atoms with van der Waals surface area (Å²) in [5.41, 5.74) is 7.09. The van der Waals surface area contributed by atoms with Crippen LogP contribution in [-0.4, -0.2) is 19.1 Å². The molecule has 1 aromatic carbocycles. The lowest BCUT2D eigenvalue weighted by Gasteiger charge is -2.11. The fourth-order valence-corrected chi connectivity index (χ4v) is 2.52. The third-order valence-electron chi connectivity index (χ3n) is 2.65. The van der Waals surface area contributed by atoms with Crippen molar-refractivity contribution in [3.05, 3.63) is 16.7 Å². The third kappa shape index (κ3) is 1.51. The summed E-state index contributed by atoms with van der Waals surface area (Å²) in [6, 6.07) is 1.79. The van der Waals surface area contributed by atoms with Gasteiger partial charge in [0.1, 0.15) is 10.2 Å². The van der Waals surface area contributed by atoms with Gasteiger partial charge in [0.05, 0.1) is 18.9 Å². The van der Waals surface area contributed by atoms with E-state index in [-0.39, 0.29) is 12.7 Å². The molecule has 2 aromatic rings. The Morgan fingerprint density at radius 2 is 2.22 bits per heavy atom. The smallest absolute Gasteiger partial charge is 0.231 e. The molecule has 0 atom stereocenters. The van der Waals surface area contributed by atoms with E-state index >= 15 is 0 Å². The first-order valence-electron chi connectivity index (χ1n) is 5.09. The van der Waals surface area contributed by atoms with E-state index in [1.165, 1.54) is 6.20 Å². The monoisotopic (exact) mass is 312 g/mol. The molecule has 2 heterocycles. The Kier molecular flexibility index (Phi) is 2.55. The summed E-state index contributed by atoms with van der Waals surface area (Å²) in [7, 11) is 1.56. The topological polar surface area (TPSA) is 79.7 Å². The molecule has 1 aromatic heterocycles. The summed E-state index contributed by atoms with van der Waals surface area (Å²) in [6.07, 6.45) is 1.53. The van der Waals surface area contributed by atoms with Crippen LogP contribution in [0.25, 0.3) is 11.1 Å². The summed E-state index contributed by atoms with van der Waals surface area (Å²) < 4.78 is 21.6. The van der Waals surface area contributed by atoms with Crippen LogP contribution in [0.1, 0.15) is 0 Å². The Hall–Kier alpha value is -1.89. The molecular formula is C11H9BrN2O4. The van der Waals surface area contributed by atoms with Gasteiger partial charge in [-0.3, -0.25) is 0 Å². The molecule has 0 aliphatic carbocycles. The lowest BCUT2D eigenvalue weighted by molar-refractivity contribution is 0.173. The van der Waals surface area contributed by atoms with Crippen molar-refractivity contribution in [2.24, 2.45) is 0 Å². The molecule has 0 spiro atoms. The minimum atomic E-state index is 0.180. The molecule has 0 unspecified atom stereocenters. The van der Waals surface area contributed by atoms with E-state index < -0.39 is 0 Å². The Morgan fingerprint density at radius 1 is 1.39 bits per heavy atom. The maximum Gasteiger partial charge on any atom is 0.231 e. The van der Waals surface area contributed by atoms with Crippen LogP contribution in [-0.2, 0) is 0 Å². The minimum absolute atomic E-state index is 0.180. The molecule has 94 valence electrons. The highest BCUT2D eigenvalue weighted by Crippen LogP contribution is 2.50. The van der Waals surface area contributed by atoms with Gasteiger partial charge >= 0.3 is 0 Å². The quantitative estimate of drug-likeness (QED) is 0.917. The van der Waals surface area contributed by atoms with Crippen molar-refractivity contribution in [1.29, 1.82) is 0 Å². The van der Waals surface area contributed by atoms with Crippen molar-refractivity contribution >= 4 is 21.8 Å². The van der Waals surface area contributed by atoms with Gasteiger partial charge in [-0.05, 0) is 22.0 Å². The standard InChI is InChI=1S/C11H9BrN2O4/c1-15-9-5(6-3-14-18-11(6)13)2-7-10(8(9)12)17-4-16-7/h2-3H,4,13H2,1H3. The zero-order chi connectivity index (χ0) is 12.7. The molecule has 0 radical (unpaired) electrons. The number of anilines is 1. The average molecular weight is 313 g/mol. The highest BCUT2D eigenvalue weighted by atomic mass is 79.9. The Morgan fingerprint density at radius 3 is 2.89 bits per heavy atom. The van der Waals surface area contributed by atoms with Crippen LogP contribution in [0.15, 0.2) is 21.3 Å². The van der Waals surface area contributed by atoms with E-state index in [2.05, 4.69) is 21.1 Å². The number of nitrogens with zero attached hydrogens (tertiary/aromatic N) is 1. The van der Waals surface area contributed by atoms with Gasteiger partial charge in [0.25, 0.3) is 0 Å². The number of ether oxygens (including phenoxy) is 3. The van der Waals surface area contributed by atoms with Crippen LogP contribution in [0.5, 0.6) is 17.2 Å². The molecule has 0 saturated heterocycles. The van der Waals surface area contributed by atoms with Crippen LogP contribution < -0.4 is 19.9 Å². The normalized spacial score (nSPS) is 12.8. The second kappa shape index (κ2) is 4.09.